The SMILES string of the molecule is CN=C(NCC(O)c1cc2ccccc2s1)NCC(c1ccc(C)o1)N1CCCC1.I. The number of aryl methyl sites for hydroxylation is 1. The van der Waals surface area contributed by atoms with E-state index in [2.05, 4.69) is 44.8 Å². The Morgan fingerprint density at radius 2 is 1.90 bits per heavy atom. The number of aliphatic imine (C=N–C) groups is 1. The summed E-state index contributed by atoms with van der Waals surface area (Å²) in [5.74, 6) is 2.61. The van der Waals surface area contributed by atoms with Crippen molar-refractivity contribution in [3.63, 3.8) is 0 Å². The predicted octanol–water partition coefficient (Wildman–Crippen LogP) is 4.46. The zero-order valence-corrected chi connectivity index (χ0v) is 21.2. The number of hydrogen-bond acceptors (Lipinski definition) is 5. The lowest BCUT2D eigenvalue weighted by atomic mass is 10.2. The number of nitrogens with one attached hydrogen (secondary N) is 2. The Kier molecular flexibility index (Phi) is 8.76. The molecular weight excluding hydrogens is 523 g/mol. The summed E-state index contributed by atoms with van der Waals surface area (Å²) in [6.07, 6.45) is 1.87. The lowest BCUT2D eigenvalue weighted by Crippen LogP contribution is -2.43. The molecule has 1 fully saturated rings. The maximum Gasteiger partial charge on any atom is 0.191 e. The summed E-state index contributed by atoms with van der Waals surface area (Å²) >= 11 is 1.63. The Morgan fingerprint density at radius 3 is 2.58 bits per heavy atom. The lowest BCUT2D eigenvalue weighted by Gasteiger charge is -2.27. The molecule has 31 heavy (non-hydrogen) atoms. The molecular formula is C23H31IN4O2S. The Bertz CT molecular complexity index is 963. The second-order valence-corrected chi connectivity index (χ2v) is 8.86. The van der Waals surface area contributed by atoms with Crippen LogP contribution in [0.2, 0.25) is 0 Å². The van der Waals surface area contributed by atoms with Crippen LogP contribution in [0.15, 0.2) is 51.9 Å². The molecule has 0 aliphatic carbocycles. The van der Waals surface area contributed by atoms with Gasteiger partial charge in [0.15, 0.2) is 5.96 Å². The van der Waals surface area contributed by atoms with Gasteiger partial charge in [0.05, 0.1) is 6.04 Å². The molecule has 0 spiro atoms. The van der Waals surface area contributed by atoms with Gasteiger partial charge in [-0.1, -0.05) is 18.2 Å². The van der Waals surface area contributed by atoms with E-state index >= 15 is 0 Å². The molecule has 8 heteroatoms. The maximum atomic E-state index is 10.6. The topological polar surface area (TPSA) is 73.0 Å². The smallest absolute Gasteiger partial charge is 0.191 e. The molecule has 0 amide bonds. The molecule has 6 nitrogen and oxygen atoms in total. The van der Waals surface area contributed by atoms with Crippen molar-refractivity contribution in [3.8, 4) is 0 Å². The summed E-state index contributed by atoms with van der Waals surface area (Å²) < 4.78 is 7.12. The van der Waals surface area contributed by atoms with Gasteiger partial charge < -0.3 is 20.2 Å². The second-order valence-electron chi connectivity index (χ2n) is 7.74. The average Bonchev–Trinajstić information content (AvgIpc) is 3.51. The molecule has 2 aromatic heterocycles. The first-order chi connectivity index (χ1) is 14.6. The van der Waals surface area contributed by atoms with E-state index in [1.165, 1.54) is 22.9 Å². The number of hydrogen-bond donors (Lipinski definition) is 3. The summed E-state index contributed by atoms with van der Waals surface area (Å²) in [6, 6.07) is 14.5. The fourth-order valence-electron chi connectivity index (χ4n) is 3.97. The highest BCUT2D eigenvalue weighted by Gasteiger charge is 2.26. The van der Waals surface area contributed by atoms with Crippen LogP contribution in [0.3, 0.4) is 0 Å². The molecule has 2 atom stereocenters. The van der Waals surface area contributed by atoms with Crippen LogP contribution in [0.4, 0.5) is 0 Å². The minimum atomic E-state index is -0.581. The minimum Gasteiger partial charge on any atom is -0.465 e. The van der Waals surface area contributed by atoms with E-state index < -0.39 is 6.10 Å². The molecule has 1 aliphatic heterocycles. The molecule has 3 heterocycles. The number of fused-ring (bicyclic) bond motifs is 1. The number of rotatable bonds is 7. The van der Waals surface area contributed by atoms with Gasteiger partial charge in [-0.2, -0.15) is 0 Å². The number of guanidine groups is 1. The van der Waals surface area contributed by atoms with E-state index in [-0.39, 0.29) is 30.0 Å². The van der Waals surface area contributed by atoms with Crippen LogP contribution in [0.25, 0.3) is 10.1 Å². The first kappa shape index (κ1) is 24.0. The van der Waals surface area contributed by atoms with Gasteiger partial charge in [0, 0.05) is 29.7 Å². The maximum absolute atomic E-state index is 10.6. The van der Waals surface area contributed by atoms with Crippen molar-refractivity contribution < 1.29 is 9.52 Å². The third kappa shape index (κ3) is 6.00. The molecule has 168 valence electrons. The highest BCUT2D eigenvalue weighted by atomic mass is 127. The van der Waals surface area contributed by atoms with E-state index in [1.807, 2.05) is 25.1 Å². The first-order valence-corrected chi connectivity index (χ1v) is 11.4. The summed E-state index contributed by atoms with van der Waals surface area (Å²) in [7, 11) is 1.75. The summed E-state index contributed by atoms with van der Waals surface area (Å²) in [4.78, 5) is 7.75. The van der Waals surface area contributed by atoms with Crippen LogP contribution in [0.5, 0.6) is 0 Å². The van der Waals surface area contributed by atoms with Gasteiger partial charge >= 0.3 is 0 Å². The molecule has 3 N–H and O–H groups in total. The van der Waals surface area contributed by atoms with Crippen molar-refractivity contribution in [2.45, 2.75) is 31.9 Å². The Hall–Kier alpha value is -1.62. The average molecular weight is 554 g/mol. The first-order valence-electron chi connectivity index (χ1n) is 10.6. The van der Waals surface area contributed by atoms with E-state index in [1.54, 1.807) is 18.4 Å². The van der Waals surface area contributed by atoms with Crippen LogP contribution in [-0.4, -0.2) is 49.2 Å². The van der Waals surface area contributed by atoms with Gasteiger partial charge in [0.25, 0.3) is 0 Å². The fourth-order valence-corrected chi connectivity index (χ4v) is 5.02. The van der Waals surface area contributed by atoms with Crippen LogP contribution >= 0.6 is 35.3 Å². The van der Waals surface area contributed by atoms with Crippen molar-refractivity contribution >= 4 is 51.4 Å². The number of thiophene rings is 1. The molecule has 1 aromatic carbocycles. The van der Waals surface area contributed by atoms with Gasteiger partial charge in [-0.3, -0.25) is 9.89 Å². The molecule has 0 radical (unpaired) electrons. The van der Waals surface area contributed by atoms with Gasteiger partial charge in [0.1, 0.15) is 17.6 Å². The summed E-state index contributed by atoms with van der Waals surface area (Å²) in [5, 5.41) is 18.5. The van der Waals surface area contributed by atoms with E-state index in [0.29, 0.717) is 19.0 Å². The highest BCUT2D eigenvalue weighted by Crippen LogP contribution is 2.29. The second kappa shape index (κ2) is 11.3. The van der Waals surface area contributed by atoms with Crippen molar-refractivity contribution in [1.29, 1.82) is 0 Å². The number of benzene rings is 1. The van der Waals surface area contributed by atoms with Crippen molar-refractivity contribution in [2.75, 3.05) is 33.2 Å². The Morgan fingerprint density at radius 1 is 1.16 bits per heavy atom. The summed E-state index contributed by atoms with van der Waals surface area (Å²) in [6.45, 7) is 5.26. The van der Waals surface area contributed by atoms with Gasteiger partial charge in [-0.05, 0) is 62.5 Å². The van der Waals surface area contributed by atoms with E-state index in [9.17, 15) is 5.11 Å². The molecule has 1 saturated heterocycles. The molecule has 1 aliphatic rings. The highest BCUT2D eigenvalue weighted by molar-refractivity contribution is 14.0. The lowest BCUT2D eigenvalue weighted by molar-refractivity contribution is 0.184. The zero-order valence-electron chi connectivity index (χ0n) is 18.0. The standard InChI is InChI=1S/C23H30N4O2S.HI/c1-16-9-10-20(29-16)18(27-11-5-6-12-27)14-25-23(24-2)26-15-19(28)22-13-17-7-3-4-8-21(17)30-22;/h3-4,7-10,13,18-19,28H,5-6,11-12,14-15H2,1-2H3,(H2,24,25,26);1H. The van der Waals surface area contributed by atoms with E-state index in [0.717, 1.165) is 29.5 Å². The van der Waals surface area contributed by atoms with Crippen LogP contribution in [0, 0.1) is 6.92 Å². The van der Waals surface area contributed by atoms with Crippen molar-refractivity contribution in [1.82, 2.24) is 15.5 Å². The van der Waals surface area contributed by atoms with Crippen molar-refractivity contribution in [3.05, 3.63) is 58.9 Å². The van der Waals surface area contributed by atoms with Gasteiger partial charge in [-0.15, -0.1) is 35.3 Å². The number of halogens is 1. The van der Waals surface area contributed by atoms with Gasteiger partial charge in [-0.25, -0.2) is 0 Å². The number of likely N-dealkylation sites (tertiary alicyclic amines) is 1. The Balaban J connectivity index is 0.00000272. The van der Waals surface area contributed by atoms with E-state index in [4.69, 9.17) is 4.42 Å². The minimum absolute atomic E-state index is 0. The normalized spacial score (nSPS) is 16.8. The number of aliphatic hydroxyl groups excluding tert-OH is 1. The monoisotopic (exact) mass is 554 g/mol. The molecule has 0 bridgehead atoms. The third-order valence-corrected chi connectivity index (χ3v) is 6.81. The summed E-state index contributed by atoms with van der Waals surface area (Å²) in [5.41, 5.74) is 0. The van der Waals surface area contributed by atoms with Gasteiger partial charge in [0.2, 0.25) is 0 Å². The predicted molar refractivity (Wildman–Crippen MR) is 139 cm³/mol. The Labute approximate surface area is 204 Å². The quantitative estimate of drug-likeness (QED) is 0.229. The number of nitrogens with zero attached hydrogens (tertiary/aromatic N) is 2. The third-order valence-electron chi connectivity index (χ3n) is 5.59. The fraction of sp³-hybridized carbons (Fsp3) is 0.435. The molecule has 0 saturated carbocycles. The van der Waals surface area contributed by atoms with Crippen LogP contribution < -0.4 is 10.6 Å². The zero-order chi connectivity index (χ0) is 20.9. The van der Waals surface area contributed by atoms with Crippen LogP contribution in [-0.2, 0) is 0 Å². The molecule has 2 unspecified atom stereocenters. The molecule has 4 rings (SSSR count). The van der Waals surface area contributed by atoms with Crippen molar-refractivity contribution in [2.24, 2.45) is 4.99 Å². The van der Waals surface area contributed by atoms with Crippen LogP contribution in [0.1, 0.15) is 41.4 Å². The number of aliphatic hydroxyl groups is 1. The molecule has 3 aromatic rings. The largest absolute Gasteiger partial charge is 0.465 e. The number of furan rings is 1.